The molecule has 112 valence electrons. The Hall–Kier alpha value is -2.58. The topological polar surface area (TPSA) is 67.2 Å². The summed E-state index contributed by atoms with van der Waals surface area (Å²) in [6.07, 6.45) is 5.30. The van der Waals surface area contributed by atoms with E-state index in [1.165, 1.54) is 12.1 Å². The molecule has 0 bridgehead atoms. The Kier molecular flexibility index (Phi) is 4.97. The molecule has 0 aliphatic heterocycles. The number of nitrogens with zero attached hydrogens (tertiary/aromatic N) is 1. The molecule has 4 nitrogen and oxygen atoms in total. The lowest BCUT2D eigenvalue weighted by Gasteiger charge is -2.08. The van der Waals surface area contributed by atoms with Gasteiger partial charge in [0.2, 0.25) is 0 Å². The monoisotopic (exact) mass is 313 g/mol. The van der Waals surface area contributed by atoms with Crippen LogP contribution in [0.3, 0.4) is 0 Å². The highest BCUT2D eigenvalue weighted by Crippen LogP contribution is 2.22. The Morgan fingerprint density at radius 1 is 1.18 bits per heavy atom. The first-order valence-corrected chi connectivity index (χ1v) is 8.44. The highest BCUT2D eigenvalue weighted by Gasteiger charge is 2.10. The minimum atomic E-state index is -3.60. The maximum absolute atomic E-state index is 11.3. The van der Waals surface area contributed by atoms with Crippen molar-refractivity contribution in [3.63, 3.8) is 0 Å². The highest BCUT2D eigenvalue weighted by molar-refractivity contribution is 7.86. The lowest BCUT2D eigenvalue weighted by atomic mass is 10.1. The van der Waals surface area contributed by atoms with Gasteiger partial charge < -0.3 is 4.18 Å². The highest BCUT2D eigenvalue weighted by atomic mass is 32.2. The summed E-state index contributed by atoms with van der Waals surface area (Å²) >= 11 is 0. The zero-order valence-electron chi connectivity index (χ0n) is 12.1. The third kappa shape index (κ3) is 4.76. The Labute approximate surface area is 130 Å². The van der Waals surface area contributed by atoms with Gasteiger partial charge in [-0.25, -0.2) is 0 Å². The van der Waals surface area contributed by atoms with Gasteiger partial charge in [0, 0.05) is 5.56 Å². The van der Waals surface area contributed by atoms with Crippen molar-refractivity contribution in [1.82, 2.24) is 0 Å². The van der Waals surface area contributed by atoms with Crippen LogP contribution in [0.1, 0.15) is 16.7 Å². The predicted molar refractivity (Wildman–Crippen MR) is 85.8 cm³/mol. The first kappa shape index (κ1) is 15.8. The van der Waals surface area contributed by atoms with Crippen molar-refractivity contribution in [2.24, 2.45) is 0 Å². The summed E-state index contributed by atoms with van der Waals surface area (Å²) in [4.78, 5) is 0. The van der Waals surface area contributed by atoms with Crippen LogP contribution in [-0.2, 0) is 16.5 Å². The smallest absolute Gasteiger partial charge is 0.306 e. The molecule has 5 heteroatoms. The molecule has 0 aliphatic rings. The minimum Gasteiger partial charge on any atom is -0.382 e. The predicted octanol–water partition coefficient (Wildman–Crippen LogP) is 3.15. The van der Waals surface area contributed by atoms with E-state index in [0.29, 0.717) is 17.5 Å². The summed E-state index contributed by atoms with van der Waals surface area (Å²) in [5.41, 5.74) is 2.16. The average Bonchev–Trinajstić information content (AvgIpc) is 2.48. The van der Waals surface area contributed by atoms with E-state index < -0.39 is 10.1 Å². The molecule has 22 heavy (non-hydrogen) atoms. The molecule has 0 N–H and O–H groups in total. The van der Waals surface area contributed by atoms with Gasteiger partial charge in [0.05, 0.1) is 17.9 Å². The van der Waals surface area contributed by atoms with Crippen LogP contribution in [0.15, 0.2) is 54.6 Å². The second kappa shape index (κ2) is 6.92. The van der Waals surface area contributed by atoms with Gasteiger partial charge in [0.25, 0.3) is 0 Å². The summed E-state index contributed by atoms with van der Waals surface area (Å²) in [5, 5.41) is 8.96. The van der Waals surface area contributed by atoms with Gasteiger partial charge >= 0.3 is 10.1 Å². The first-order chi connectivity index (χ1) is 10.5. The van der Waals surface area contributed by atoms with Crippen molar-refractivity contribution in [2.45, 2.75) is 6.42 Å². The van der Waals surface area contributed by atoms with Crippen molar-refractivity contribution in [1.29, 1.82) is 5.26 Å². The van der Waals surface area contributed by atoms with Crippen molar-refractivity contribution in [2.75, 3.05) is 6.26 Å². The van der Waals surface area contributed by atoms with Crippen LogP contribution in [0.25, 0.3) is 6.08 Å². The van der Waals surface area contributed by atoms with Crippen LogP contribution in [0.5, 0.6) is 5.75 Å². The molecule has 0 heterocycles. The quantitative estimate of drug-likeness (QED) is 0.795. The minimum absolute atomic E-state index is 0.249. The molecule has 0 radical (unpaired) electrons. The fourth-order valence-corrected chi connectivity index (χ4v) is 2.43. The SMILES string of the molecule is CS(=O)(=O)Oc1ccc(C#N)cc1C/C=C/c1ccccc1. The maximum atomic E-state index is 11.3. The fraction of sp³-hybridized carbons (Fsp3) is 0.118. The number of nitriles is 1. The van der Waals surface area contributed by atoms with E-state index in [-0.39, 0.29) is 5.75 Å². The van der Waals surface area contributed by atoms with E-state index in [1.807, 2.05) is 48.6 Å². The fourth-order valence-electron chi connectivity index (χ4n) is 1.94. The largest absolute Gasteiger partial charge is 0.382 e. The van der Waals surface area contributed by atoms with Gasteiger partial charge in [-0.05, 0) is 30.2 Å². The summed E-state index contributed by atoms with van der Waals surface area (Å²) < 4.78 is 27.6. The molecule has 0 aliphatic carbocycles. The van der Waals surface area contributed by atoms with E-state index in [9.17, 15) is 8.42 Å². The van der Waals surface area contributed by atoms with Crippen LogP contribution >= 0.6 is 0 Å². The molecule has 0 saturated carbocycles. The van der Waals surface area contributed by atoms with Crippen molar-refractivity contribution in [3.05, 3.63) is 71.3 Å². The van der Waals surface area contributed by atoms with E-state index >= 15 is 0 Å². The molecule has 0 unspecified atom stereocenters. The summed E-state index contributed by atoms with van der Waals surface area (Å²) in [7, 11) is -3.60. The van der Waals surface area contributed by atoms with E-state index in [0.717, 1.165) is 11.8 Å². The molecule has 0 saturated heterocycles. The third-order valence-corrected chi connectivity index (χ3v) is 3.36. The third-order valence-electron chi connectivity index (χ3n) is 2.88. The van der Waals surface area contributed by atoms with Gasteiger partial charge in [-0.15, -0.1) is 0 Å². The molecular weight excluding hydrogens is 298 g/mol. The molecule has 0 atom stereocenters. The van der Waals surface area contributed by atoms with Gasteiger partial charge in [-0.3, -0.25) is 0 Å². The van der Waals surface area contributed by atoms with Gasteiger partial charge in [0.15, 0.2) is 0 Å². The maximum Gasteiger partial charge on any atom is 0.306 e. The lowest BCUT2D eigenvalue weighted by molar-refractivity contribution is 0.490. The van der Waals surface area contributed by atoms with Crippen molar-refractivity contribution in [3.8, 4) is 11.8 Å². The van der Waals surface area contributed by atoms with Crippen molar-refractivity contribution >= 4 is 16.2 Å². The summed E-state index contributed by atoms with van der Waals surface area (Å²) in [6, 6.07) is 16.5. The van der Waals surface area contributed by atoms with Crippen LogP contribution in [0, 0.1) is 11.3 Å². The Bertz CT molecular complexity index is 819. The second-order valence-corrected chi connectivity index (χ2v) is 6.31. The molecule has 2 aromatic carbocycles. The van der Waals surface area contributed by atoms with Crippen LogP contribution in [0.2, 0.25) is 0 Å². The molecule has 0 spiro atoms. The van der Waals surface area contributed by atoms with E-state index in [4.69, 9.17) is 9.44 Å². The Morgan fingerprint density at radius 3 is 2.55 bits per heavy atom. The normalized spacial score (nSPS) is 11.3. The Morgan fingerprint density at radius 2 is 1.91 bits per heavy atom. The van der Waals surface area contributed by atoms with Crippen LogP contribution in [-0.4, -0.2) is 14.7 Å². The standard InChI is InChI=1S/C17H15NO3S/c1-22(19,20)21-17-11-10-15(13-18)12-16(17)9-5-8-14-6-3-2-4-7-14/h2-8,10-12H,9H2,1H3/b8-5+. The van der Waals surface area contributed by atoms with Gasteiger partial charge in [0.1, 0.15) is 5.75 Å². The molecule has 0 aromatic heterocycles. The number of hydrogen-bond acceptors (Lipinski definition) is 4. The summed E-state index contributed by atoms with van der Waals surface area (Å²) in [6.45, 7) is 0. The summed E-state index contributed by atoms with van der Waals surface area (Å²) in [5.74, 6) is 0.249. The van der Waals surface area contributed by atoms with Crippen LogP contribution < -0.4 is 4.18 Å². The Balaban J connectivity index is 2.24. The first-order valence-electron chi connectivity index (χ1n) is 6.62. The number of allylic oxidation sites excluding steroid dienone is 1. The average molecular weight is 313 g/mol. The number of benzene rings is 2. The molecular formula is C17H15NO3S. The van der Waals surface area contributed by atoms with Gasteiger partial charge in [-0.2, -0.15) is 13.7 Å². The van der Waals surface area contributed by atoms with Crippen molar-refractivity contribution < 1.29 is 12.6 Å². The van der Waals surface area contributed by atoms with E-state index in [1.54, 1.807) is 6.07 Å². The molecule has 2 rings (SSSR count). The molecule has 2 aromatic rings. The zero-order chi connectivity index (χ0) is 16.0. The van der Waals surface area contributed by atoms with E-state index in [2.05, 4.69) is 0 Å². The van der Waals surface area contributed by atoms with Gasteiger partial charge in [-0.1, -0.05) is 42.5 Å². The number of rotatable bonds is 5. The molecule has 0 amide bonds. The molecule has 0 fully saturated rings. The zero-order valence-corrected chi connectivity index (χ0v) is 12.9. The lowest BCUT2D eigenvalue weighted by Crippen LogP contribution is -2.07. The second-order valence-electron chi connectivity index (χ2n) is 4.74. The van der Waals surface area contributed by atoms with Crippen LogP contribution in [0.4, 0.5) is 0 Å². The number of hydrogen-bond donors (Lipinski definition) is 0.